The topological polar surface area (TPSA) is 23.5 Å². The molecule has 1 fully saturated rings. The standard InChI is InChI=1S/C28H37NO/c1-27(2,3)23-19-22(20-24(26(23)30)28(4,5)6)25(29-17-11-8-12-18-29)16-15-21-13-9-7-10-14-21/h7,9-10,13-14,19-20,25,30H,8,11-12,17-18H2,1-6H3. The summed E-state index contributed by atoms with van der Waals surface area (Å²) in [6.07, 6.45) is 3.74. The van der Waals surface area contributed by atoms with E-state index in [2.05, 4.69) is 82.5 Å². The molecule has 2 nitrogen and oxygen atoms in total. The zero-order valence-electron chi connectivity index (χ0n) is 19.5. The van der Waals surface area contributed by atoms with Crippen molar-refractivity contribution in [3.05, 3.63) is 64.7 Å². The van der Waals surface area contributed by atoms with E-state index in [4.69, 9.17) is 0 Å². The van der Waals surface area contributed by atoms with Crippen LogP contribution in [0.1, 0.15) is 89.1 Å². The van der Waals surface area contributed by atoms with Gasteiger partial charge in [-0.15, -0.1) is 0 Å². The number of phenolic OH excluding ortho intramolecular Hbond substituents is 1. The SMILES string of the molecule is CC(C)(C)c1cc(C(C#Cc2ccccc2)N2CCCCC2)cc(C(C)(C)C)c1O. The summed E-state index contributed by atoms with van der Waals surface area (Å²) in [7, 11) is 0. The average molecular weight is 404 g/mol. The van der Waals surface area contributed by atoms with E-state index in [1.165, 1.54) is 24.8 Å². The van der Waals surface area contributed by atoms with Crippen LogP contribution in [0.3, 0.4) is 0 Å². The minimum absolute atomic E-state index is 0.0355. The Morgan fingerprint density at radius 2 is 1.37 bits per heavy atom. The Bertz CT molecular complexity index is 878. The van der Waals surface area contributed by atoms with Gasteiger partial charge in [0.2, 0.25) is 0 Å². The van der Waals surface area contributed by atoms with Crippen LogP contribution in [0.15, 0.2) is 42.5 Å². The summed E-state index contributed by atoms with van der Waals surface area (Å²) in [6.45, 7) is 15.2. The number of likely N-dealkylation sites (tertiary alicyclic amines) is 1. The first-order valence-electron chi connectivity index (χ1n) is 11.3. The second-order valence-electron chi connectivity index (χ2n) is 10.6. The molecule has 1 aliphatic rings. The van der Waals surface area contributed by atoms with E-state index in [0.717, 1.165) is 29.8 Å². The maximum Gasteiger partial charge on any atom is 0.123 e. The van der Waals surface area contributed by atoms with Crippen LogP contribution in [0.4, 0.5) is 0 Å². The van der Waals surface area contributed by atoms with Crippen LogP contribution < -0.4 is 0 Å². The third-order valence-corrected chi connectivity index (χ3v) is 5.95. The summed E-state index contributed by atoms with van der Waals surface area (Å²) in [4.78, 5) is 2.52. The number of hydrogen-bond acceptors (Lipinski definition) is 2. The predicted molar refractivity (Wildman–Crippen MR) is 127 cm³/mol. The highest BCUT2D eigenvalue weighted by Gasteiger charge is 2.29. The van der Waals surface area contributed by atoms with Gasteiger partial charge < -0.3 is 5.11 Å². The van der Waals surface area contributed by atoms with E-state index in [-0.39, 0.29) is 16.9 Å². The third-order valence-electron chi connectivity index (χ3n) is 5.95. The van der Waals surface area contributed by atoms with Crippen molar-refractivity contribution in [2.24, 2.45) is 0 Å². The van der Waals surface area contributed by atoms with Crippen LogP contribution in [0.5, 0.6) is 5.75 Å². The average Bonchev–Trinajstić information content (AvgIpc) is 2.69. The quantitative estimate of drug-likeness (QED) is 0.574. The number of benzene rings is 2. The van der Waals surface area contributed by atoms with Crippen LogP contribution in [-0.2, 0) is 10.8 Å². The lowest BCUT2D eigenvalue weighted by molar-refractivity contribution is 0.197. The van der Waals surface area contributed by atoms with E-state index in [9.17, 15) is 5.11 Å². The molecule has 0 saturated carbocycles. The fraction of sp³-hybridized carbons (Fsp3) is 0.500. The van der Waals surface area contributed by atoms with Crippen molar-refractivity contribution in [2.75, 3.05) is 13.1 Å². The van der Waals surface area contributed by atoms with E-state index < -0.39 is 0 Å². The minimum Gasteiger partial charge on any atom is -0.507 e. The molecule has 1 unspecified atom stereocenters. The zero-order valence-corrected chi connectivity index (χ0v) is 19.5. The Kier molecular flexibility index (Phi) is 6.63. The Hall–Kier alpha value is -2.24. The van der Waals surface area contributed by atoms with Gasteiger partial charge in [-0.2, -0.15) is 0 Å². The Morgan fingerprint density at radius 1 is 0.833 bits per heavy atom. The predicted octanol–water partition coefficient (Wildman–Crippen LogP) is 6.57. The molecule has 0 radical (unpaired) electrons. The highest BCUT2D eigenvalue weighted by atomic mass is 16.3. The molecule has 1 saturated heterocycles. The molecular formula is C28H37NO. The van der Waals surface area contributed by atoms with Crippen LogP contribution in [0.25, 0.3) is 0 Å². The largest absolute Gasteiger partial charge is 0.507 e. The maximum absolute atomic E-state index is 11.1. The number of rotatable bonds is 2. The summed E-state index contributed by atoms with van der Waals surface area (Å²) >= 11 is 0. The molecule has 0 amide bonds. The van der Waals surface area contributed by atoms with Crippen molar-refractivity contribution in [3.63, 3.8) is 0 Å². The normalized spacial score (nSPS) is 16.6. The van der Waals surface area contributed by atoms with Gasteiger partial charge in [0.05, 0.1) is 6.04 Å². The maximum atomic E-state index is 11.1. The van der Waals surface area contributed by atoms with E-state index >= 15 is 0 Å². The molecule has 1 heterocycles. The van der Waals surface area contributed by atoms with Gasteiger partial charge in [0, 0.05) is 5.56 Å². The number of nitrogens with zero attached hydrogens (tertiary/aromatic N) is 1. The smallest absolute Gasteiger partial charge is 0.123 e. The monoisotopic (exact) mass is 403 g/mol. The first kappa shape index (κ1) is 22.4. The minimum atomic E-state index is -0.139. The summed E-state index contributed by atoms with van der Waals surface area (Å²) < 4.78 is 0. The number of aromatic hydroxyl groups is 1. The molecule has 2 aromatic rings. The number of hydrogen-bond donors (Lipinski definition) is 1. The lowest BCUT2D eigenvalue weighted by Gasteiger charge is -2.34. The molecule has 0 aromatic heterocycles. The van der Waals surface area contributed by atoms with Gasteiger partial charge in [-0.1, -0.05) is 78.0 Å². The second kappa shape index (κ2) is 8.86. The highest BCUT2D eigenvalue weighted by Crippen LogP contribution is 2.41. The Morgan fingerprint density at radius 3 is 1.87 bits per heavy atom. The molecular weight excluding hydrogens is 366 g/mol. The van der Waals surface area contributed by atoms with E-state index in [1.54, 1.807) is 0 Å². The molecule has 2 aromatic carbocycles. The van der Waals surface area contributed by atoms with Crippen molar-refractivity contribution in [1.29, 1.82) is 0 Å². The van der Waals surface area contributed by atoms with Gasteiger partial charge in [0.25, 0.3) is 0 Å². The summed E-state index contributed by atoms with van der Waals surface area (Å²) in [6, 6.07) is 14.7. The molecule has 2 heteroatoms. The third kappa shape index (κ3) is 5.27. The van der Waals surface area contributed by atoms with Gasteiger partial charge >= 0.3 is 0 Å². The molecule has 30 heavy (non-hydrogen) atoms. The van der Waals surface area contributed by atoms with Crippen molar-refractivity contribution in [1.82, 2.24) is 4.90 Å². The van der Waals surface area contributed by atoms with Crippen molar-refractivity contribution in [2.45, 2.75) is 77.7 Å². The first-order chi connectivity index (χ1) is 14.1. The highest BCUT2D eigenvalue weighted by molar-refractivity contribution is 5.52. The molecule has 1 atom stereocenters. The second-order valence-corrected chi connectivity index (χ2v) is 10.6. The molecule has 1 aliphatic heterocycles. The fourth-order valence-electron chi connectivity index (χ4n) is 4.19. The first-order valence-corrected chi connectivity index (χ1v) is 11.3. The van der Waals surface area contributed by atoms with Gasteiger partial charge in [0.15, 0.2) is 0 Å². The van der Waals surface area contributed by atoms with Crippen molar-refractivity contribution >= 4 is 0 Å². The lowest BCUT2D eigenvalue weighted by atomic mass is 9.77. The Balaban J connectivity index is 2.16. The Labute approximate surface area is 183 Å². The van der Waals surface area contributed by atoms with Gasteiger partial charge in [-0.05, 0) is 77.7 Å². The molecule has 0 aliphatic carbocycles. The summed E-state index contributed by atoms with van der Waals surface area (Å²) in [5.74, 6) is 7.45. The molecule has 3 rings (SSSR count). The van der Waals surface area contributed by atoms with Gasteiger partial charge in [-0.3, -0.25) is 4.90 Å². The van der Waals surface area contributed by atoms with Crippen LogP contribution in [0, 0.1) is 11.8 Å². The molecule has 1 N–H and O–H groups in total. The van der Waals surface area contributed by atoms with Crippen molar-refractivity contribution < 1.29 is 5.11 Å². The van der Waals surface area contributed by atoms with Crippen molar-refractivity contribution in [3.8, 4) is 17.6 Å². The van der Waals surface area contributed by atoms with Gasteiger partial charge in [0.1, 0.15) is 5.75 Å². The van der Waals surface area contributed by atoms with E-state index in [1.807, 2.05) is 18.2 Å². The van der Waals surface area contributed by atoms with Crippen LogP contribution in [0.2, 0.25) is 0 Å². The summed E-state index contributed by atoms with van der Waals surface area (Å²) in [5.41, 5.74) is 3.99. The van der Waals surface area contributed by atoms with Gasteiger partial charge in [-0.25, -0.2) is 0 Å². The summed E-state index contributed by atoms with van der Waals surface area (Å²) in [5, 5.41) is 11.1. The zero-order chi connectivity index (χ0) is 21.9. The van der Waals surface area contributed by atoms with Crippen LogP contribution >= 0.6 is 0 Å². The molecule has 0 bridgehead atoms. The van der Waals surface area contributed by atoms with E-state index in [0.29, 0.717) is 5.75 Å². The molecule has 0 spiro atoms. The number of piperidine rings is 1. The van der Waals surface area contributed by atoms with Crippen LogP contribution in [-0.4, -0.2) is 23.1 Å². The molecule has 160 valence electrons. The fourth-order valence-corrected chi connectivity index (χ4v) is 4.19. The number of phenols is 1. The lowest BCUT2D eigenvalue weighted by Crippen LogP contribution is -2.33.